The van der Waals surface area contributed by atoms with Crippen LogP contribution in [0.5, 0.6) is 5.75 Å². The quantitative estimate of drug-likeness (QED) is 0.222. The van der Waals surface area contributed by atoms with E-state index in [1.807, 2.05) is 60.7 Å². The van der Waals surface area contributed by atoms with Gasteiger partial charge in [0.05, 0.1) is 11.6 Å². The number of thiazole rings is 1. The summed E-state index contributed by atoms with van der Waals surface area (Å²) in [5.74, 6) is 2.53. The molecule has 0 unspecified atom stereocenters. The molecular weight excluding hydrogens is 482 g/mol. The molecule has 3 heterocycles. The van der Waals surface area contributed by atoms with E-state index < -0.39 is 0 Å². The van der Waals surface area contributed by atoms with Crippen molar-refractivity contribution >= 4 is 34.0 Å². The van der Waals surface area contributed by atoms with E-state index in [9.17, 15) is 4.79 Å². The molecule has 0 saturated heterocycles. The molecule has 0 aliphatic heterocycles. The van der Waals surface area contributed by atoms with Gasteiger partial charge in [-0.15, -0.1) is 5.10 Å². The van der Waals surface area contributed by atoms with Gasteiger partial charge in [-0.3, -0.25) is 4.79 Å². The zero-order valence-corrected chi connectivity index (χ0v) is 20.8. The van der Waals surface area contributed by atoms with E-state index in [1.165, 1.54) is 35.1 Å². The topological polar surface area (TPSA) is 69.6 Å². The lowest BCUT2D eigenvalue weighted by Crippen LogP contribution is -2.23. The van der Waals surface area contributed by atoms with E-state index in [-0.39, 0.29) is 5.56 Å². The second-order valence-corrected chi connectivity index (χ2v) is 9.58. The third-order valence-electron chi connectivity index (χ3n) is 5.60. The van der Waals surface area contributed by atoms with E-state index in [4.69, 9.17) is 20.8 Å². The fourth-order valence-corrected chi connectivity index (χ4v) is 4.86. The van der Waals surface area contributed by atoms with Crippen LogP contribution < -0.4 is 14.8 Å². The number of nitrogens with zero attached hydrogens (tertiary/aromatic N) is 3. The number of aromatic nitrogens is 3. The molecular formula is C27H24ClN3O3S. The Hall–Kier alpha value is -3.42. The molecule has 0 saturated carbocycles. The molecule has 3 aromatic heterocycles. The summed E-state index contributed by atoms with van der Waals surface area (Å²) >= 11 is 7.53. The molecule has 0 radical (unpaired) electrons. The van der Waals surface area contributed by atoms with Crippen molar-refractivity contribution in [2.24, 2.45) is 0 Å². The molecule has 35 heavy (non-hydrogen) atoms. The van der Waals surface area contributed by atoms with E-state index >= 15 is 0 Å². The molecule has 0 N–H and O–H groups in total. The third kappa shape index (κ3) is 5.16. The summed E-state index contributed by atoms with van der Waals surface area (Å²) in [5, 5.41) is 5.04. The minimum absolute atomic E-state index is 0.230. The number of benzene rings is 2. The second kappa shape index (κ2) is 10.5. The Bertz CT molecular complexity index is 1550. The van der Waals surface area contributed by atoms with Gasteiger partial charge in [0.25, 0.3) is 5.56 Å². The number of furan rings is 1. The minimum atomic E-state index is -0.230. The molecule has 0 fully saturated rings. The molecule has 0 aliphatic carbocycles. The van der Waals surface area contributed by atoms with E-state index in [0.717, 1.165) is 23.3 Å². The van der Waals surface area contributed by atoms with Crippen LogP contribution in [0.4, 0.5) is 0 Å². The molecule has 0 amide bonds. The van der Waals surface area contributed by atoms with Crippen molar-refractivity contribution in [2.45, 2.75) is 32.6 Å². The number of hydrogen-bond donors (Lipinski definition) is 0. The van der Waals surface area contributed by atoms with Crippen LogP contribution >= 0.6 is 22.9 Å². The number of fused-ring (bicyclic) bond motifs is 1. The van der Waals surface area contributed by atoms with Crippen molar-refractivity contribution in [3.8, 4) is 28.5 Å². The first-order valence-corrected chi connectivity index (χ1v) is 12.8. The lowest BCUT2D eigenvalue weighted by atomic mass is 10.2. The van der Waals surface area contributed by atoms with Gasteiger partial charge in [0, 0.05) is 17.2 Å². The number of halogens is 1. The fourth-order valence-electron chi connectivity index (χ4n) is 3.74. The van der Waals surface area contributed by atoms with Crippen LogP contribution in [-0.2, 0) is 0 Å². The van der Waals surface area contributed by atoms with Crippen LogP contribution in [0.15, 0.2) is 69.9 Å². The van der Waals surface area contributed by atoms with Gasteiger partial charge in [0.1, 0.15) is 21.8 Å². The first-order valence-electron chi connectivity index (χ1n) is 11.6. The van der Waals surface area contributed by atoms with Crippen LogP contribution in [0.2, 0.25) is 5.02 Å². The van der Waals surface area contributed by atoms with Gasteiger partial charge < -0.3 is 9.15 Å². The van der Waals surface area contributed by atoms with Crippen LogP contribution in [0.3, 0.4) is 0 Å². The van der Waals surface area contributed by atoms with Crippen molar-refractivity contribution in [1.29, 1.82) is 0 Å². The molecule has 5 aromatic rings. The molecule has 0 aliphatic rings. The lowest BCUT2D eigenvalue weighted by molar-refractivity contribution is 0.305. The second-order valence-electron chi connectivity index (χ2n) is 8.16. The van der Waals surface area contributed by atoms with Crippen LogP contribution in [0.1, 0.15) is 38.4 Å². The molecule has 178 valence electrons. The fraction of sp³-hybridized carbons (Fsp3) is 0.222. The van der Waals surface area contributed by atoms with E-state index in [0.29, 0.717) is 38.5 Å². The Balaban J connectivity index is 1.33. The van der Waals surface area contributed by atoms with Crippen LogP contribution in [0, 0.1) is 0 Å². The van der Waals surface area contributed by atoms with Gasteiger partial charge >= 0.3 is 0 Å². The van der Waals surface area contributed by atoms with Crippen molar-refractivity contribution in [1.82, 2.24) is 14.6 Å². The summed E-state index contributed by atoms with van der Waals surface area (Å²) in [6.45, 7) is 2.91. The summed E-state index contributed by atoms with van der Waals surface area (Å²) in [6.07, 6.45) is 6.39. The summed E-state index contributed by atoms with van der Waals surface area (Å²) < 4.78 is 13.5. The van der Waals surface area contributed by atoms with Crippen molar-refractivity contribution in [2.75, 3.05) is 6.61 Å². The number of unbranched alkanes of at least 4 members (excludes halogenated alkanes) is 3. The first-order chi connectivity index (χ1) is 17.1. The SMILES string of the molecule is CCCCCCOc1ccc(-c2nc3s/c(=C/c4ccc(-c5ccccc5Cl)o4)c(=O)n3n2)cc1. The lowest BCUT2D eigenvalue weighted by Gasteiger charge is -2.06. The van der Waals surface area contributed by atoms with Crippen LogP contribution in [-0.4, -0.2) is 21.2 Å². The zero-order valence-electron chi connectivity index (χ0n) is 19.2. The summed E-state index contributed by atoms with van der Waals surface area (Å²) in [7, 11) is 0. The number of hydrogen-bond acceptors (Lipinski definition) is 6. The molecule has 5 rings (SSSR count). The van der Waals surface area contributed by atoms with Crippen molar-refractivity contribution in [3.63, 3.8) is 0 Å². The number of ether oxygens (including phenoxy) is 1. The highest BCUT2D eigenvalue weighted by atomic mass is 35.5. The highest BCUT2D eigenvalue weighted by Crippen LogP contribution is 2.29. The molecule has 8 heteroatoms. The monoisotopic (exact) mass is 505 g/mol. The van der Waals surface area contributed by atoms with Crippen molar-refractivity contribution < 1.29 is 9.15 Å². The molecule has 2 aromatic carbocycles. The van der Waals surface area contributed by atoms with Gasteiger partial charge in [-0.25, -0.2) is 0 Å². The van der Waals surface area contributed by atoms with Crippen molar-refractivity contribution in [3.05, 3.63) is 86.3 Å². The average Bonchev–Trinajstić information content (AvgIpc) is 3.57. The van der Waals surface area contributed by atoms with Crippen LogP contribution in [0.25, 0.3) is 33.7 Å². The Morgan fingerprint density at radius 3 is 2.66 bits per heavy atom. The van der Waals surface area contributed by atoms with Gasteiger partial charge in [-0.05, 0) is 55.0 Å². The Kier molecular flexibility index (Phi) is 6.97. The predicted molar refractivity (Wildman–Crippen MR) is 140 cm³/mol. The summed E-state index contributed by atoms with van der Waals surface area (Å²) in [4.78, 5) is 18.0. The summed E-state index contributed by atoms with van der Waals surface area (Å²) in [5.41, 5.74) is 1.41. The average molecular weight is 506 g/mol. The maximum absolute atomic E-state index is 12.9. The molecule has 0 bridgehead atoms. The third-order valence-corrected chi connectivity index (χ3v) is 6.89. The maximum Gasteiger partial charge on any atom is 0.291 e. The van der Waals surface area contributed by atoms with Gasteiger partial charge in [-0.1, -0.05) is 61.3 Å². The zero-order chi connectivity index (χ0) is 24.2. The van der Waals surface area contributed by atoms with Gasteiger partial charge in [0.15, 0.2) is 5.82 Å². The van der Waals surface area contributed by atoms with E-state index in [2.05, 4.69) is 17.0 Å². The molecule has 0 atom stereocenters. The Labute approximate surface area is 211 Å². The molecule has 6 nitrogen and oxygen atoms in total. The van der Waals surface area contributed by atoms with Gasteiger partial charge in [-0.2, -0.15) is 9.50 Å². The largest absolute Gasteiger partial charge is 0.494 e. The van der Waals surface area contributed by atoms with E-state index in [1.54, 1.807) is 6.08 Å². The summed E-state index contributed by atoms with van der Waals surface area (Å²) in [6, 6.07) is 18.8. The number of rotatable bonds is 9. The normalized spacial score (nSPS) is 12.0. The first kappa shape index (κ1) is 23.3. The minimum Gasteiger partial charge on any atom is -0.494 e. The smallest absolute Gasteiger partial charge is 0.291 e. The molecule has 0 spiro atoms. The Morgan fingerprint density at radius 1 is 1.06 bits per heavy atom. The highest BCUT2D eigenvalue weighted by Gasteiger charge is 2.13. The Morgan fingerprint density at radius 2 is 1.89 bits per heavy atom. The maximum atomic E-state index is 12.9. The highest BCUT2D eigenvalue weighted by molar-refractivity contribution is 7.15. The predicted octanol–water partition coefficient (Wildman–Crippen LogP) is 6.24. The van der Waals surface area contributed by atoms with Gasteiger partial charge in [0.2, 0.25) is 4.96 Å². The standard InChI is InChI=1S/C27H24ClN3O3S/c1-2-3-4-7-16-33-19-12-10-18(11-13-19)25-29-27-31(30-25)26(32)24(35-27)17-20-14-15-23(34-20)21-8-5-6-9-22(21)28/h5-6,8-15,17H,2-4,7,16H2,1H3/b24-17+.